The molecule has 66 heavy (non-hydrogen) atoms. The summed E-state index contributed by atoms with van der Waals surface area (Å²) < 4.78 is 5.35. The lowest BCUT2D eigenvalue weighted by Crippen LogP contribution is -2.52. The highest BCUT2D eigenvalue weighted by Gasteiger charge is 2.24. The molecule has 1 aliphatic rings. The fraction of sp³-hybridized carbons (Fsp3) is 0.797. The predicted molar refractivity (Wildman–Crippen MR) is 290 cm³/mol. The maximum atomic E-state index is 14.1. The highest BCUT2D eigenvalue weighted by molar-refractivity contribution is 5.78. The number of ether oxygens (including phenoxy) is 1. The van der Waals surface area contributed by atoms with Crippen LogP contribution in [0.5, 0.6) is 0 Å². The number of piperazine rings is 1. The fourth-order valence-corrected chi connectivity index (χ4v) is 9.02. The van der Waals surface area contributed by atoms with Crippen LogP contribution in [0.4, 0.5) is 0 Å². The van der Waals surface area contributed by atoms with Crippen LogP contribution >= 0.6 is 0 Å². The maximum Gasteiger partial charge on any atom is 0.236 e. The minimum absolute atomic E-state index is 0.305. The number of unbranched alkanes of at least 4 members (excludes halogenated alkanes) is 19. The summed E-state index contributed by atoms with van der Waals surface area (Å²) in [6.07, 6.45) is 51.7. The third-order valence-electron chi connectivity index (χ3n) is 13.5. The SMILES string of the molecule is C=C=C(CCCCCCCN(CCCCCCCCC)C/C(=C/C)N1CCN(C(=O)CN(CC/C=C\CCCCC)CCN(CC/C=C\CCCCC)CC/C=C\CCCCC)CC1)OC. The molecular formula is C59H109N5O2. The van der Waals surface area contributed by atoms with Crippen molar-refractivity contribution in [3.63, 3.8) is 0 Å². The zero-order valence-corrected chi connectivity index (χ0v) is 44.8. The van der Waals surface area contributed by atoms with Gasteiger partial charge in [0.15, 0.2) is 0 Å². The van der Waals surface area contributed by atoms with Crippen molar-refractivity contribution in [3.8, 4) is 0 Å². The van der Waals surface area contributed by atoms with E-state index in [1.807, 2.05) is 0 Å². The van der Waals surface area contributed by atoms with Crippen LogP contribution in [0.25, 0.3) is 0 Å². The summed E-state index contributed by atoms with van der Waals surface area (Å²) in [6.45, 7) is 27.5. The average molecular weight is 921 g/mol. The van der Waals surface area contributed by atoms with E-state index in [0.29, 0.717) is 12.5 Å². The van der Waals surface area contributed by atoms with Crippen LogP contribution in [0.3, 0.4) is 0 Å². The standard InChI is InChI=1S/C59H109N5O2/c1-8-14-18-22-26-32-38-44-60(45-39-33-27-23-19-15-9-2)49-50-62(48-42-35-29-25-21-17-11-4)56-59(65)64-53-51-63(52-54-64)57(12-5)55-61(46-40-34-28-24-20-16-10-3)47-41-36-30-31-37-43-58(13-6)66-7/h12,26-27,29,32-33,35H,6,8-11,14-25,28,30-31,34,36-56H2,1-5,7H3/b32-26-,33-27-,35-29-,57-12-. The molecule has 7 heteroatoms. The molecule has 1 amide bonds. The van der Waals surface area contributed by atoms with E-state index in [1.54, 1.807) is 7.11 Å². The van der Waals surface area contributed by atoms with E-state index in [1.165, 1.54) is 160 Å². The Bertz CT molecular complexity index is 1250. The van der Waals surface area contributed by atoms with Crippen LogP contribution in [-0.4, -0.2) is 123 Å². The van der Waals surface area contributed by atoms with Crippen LogP contribution in [0.1, 0.15) is 214 Å². The molecule has 1 saturated heterocycles. The Morgan fingerprint density at radius 2 is 0.879 bits per heavy atom. The second kappa shape index (κ2) is 46.2. The lowest BCUT2D eigenvalue weighted by atomic mass is 10.1. The Hall–Kier alpha value is -2.57. The molecule has 0 saturated carbocycles. The van der Waals surface area contributed by atoms with Gasteiger partial charge in [-0.1, -0.05) is 179 Å². The zero-order chi connectivity index (χ0) is 48.0. The van der Waals surface area contributed by atoms with Gasteiger partial charge < -0.3 is 19.4 Å². The quantitative estimate of drug-likeness (QED) is 0.0262. The predicted octanol–water partition coefficient (Wildman–Crippen LogP) is 14.9. The summed E-state index contributed by atoms with van der Waals surface area (Å²) in [4.78, 5) is 26.7. The van der Waals surface area contributed by atoms with Gasteiger partial charge in [0, 0.05) is 77.6 Å². The molecule has 0 radical (unpaired) electrons. The first-order valence-electron chi connectivity index (χ1n) is 28.2. The zero-order valence-electron chi connectivity index (χ0n) is 44.8. The minimum atomic E-state index is 0.305. The van der Waals surface area contributed by atoms with Gasteiger partial charge >= 0.3 is 0 Å². The molecule has 7 nitrogen and oxygen atoms in total. The Balaban J connectivity index is 2.90. The van der Waals surface area contributed by atoms with Gasteiger partial charge in [0.1, 0.15) is 5.76 Å². The Morgan fingerprint density at radius 1 is 0.485 bits per heavy atom. The molecule has 1 rings (SSSR count). The molecule has 1 heterocycles. The molecule has 0 aromatic carbocycles. The number of methoxy groups -OCH3 is 1. The first-order chi connectivity index (χ1) is 32.5. The number of hydrogen-bond acceptors (Lipinski definition) is 6. The second-order valence-corrected chi connectivity index (χ2v) is 19.3. The molecule has 0 atom stereocenters. The molecule has 0 aromatic rings. The summed E-state index contributed by atoms with van der Waals surface area (Å²) in [6, 6.07) is 0. The first-order valence-corrected chi connectivity index (χ1v) is 28.2. The van der Waals surface area contributed by atoms with Crippen LogP contribution in [-0.2, 0) is 9.53 Å². The van der Waals surface area contributed by atoms with Crippen LogP contribution in [0.15, 0.2) is 66.3 Å². The van der Waals surface area contributed by atoms with E-state index in [0.717, 1.165) is 110 Å². The lowest BCUT2D eigenvalue weighted by molar-refractivity contribution is -0.134. The monoisotopic (exact) mass is 920 g/mol. The molecule has 1 aliphatic heterocycles. The summed E-state index contributed by atoms with van der Waals surface area (Å²) in [5.74, 6) is 1.19. The van der Waals surface area contributed by atoms with Gasteiger partial charge in [-0.2, -0.15) is 0 Å². The highest BCUT2D eigenvalue weighted by atomic mass is 16.5. The second-order valence-electron chi connectivity index (χ2n) is 19.3. The van der Waals surface area contributed by atoms with Crippen molar-refractivity contribution in [2.24, 2.45) is 0 Å². The smallest absolute Gasteiger partial charge is 0.236 e. The highest BCUT2D eigenvalue weighted by Crippen LogP contribution is 2.17. The van der Waals surface area contributed by atoms with Gasteiger partial charge in [-0.15, -0.1) is 0 Å². The van der Waals surface area contributed by atoms with Crippen molar-refractivity contribution in [2.75, 3.05) is 92.2 Å². The van der Waals surface area contributed by atoms with E-state index in [-0.39, 0.29) is 0 Å². The molecule has 0 N–H and O–H groups in total. The largest absolute Gasteiger partial charge is 0.493 e. The van der Waals surface area contributed by atoms with Crippen LogP contribution in [0.2, 0.25) is 0 Å². The summed E-state index contributed by atoms with van der Waals surface area (Å²) in [5.41, 5.74) is 4.36. The number of amides is 1. The summed E-state index contributed by atoms with van der Waals surface area (Å²) in [7, 11) is 1.72. The van der Waals surface area contributed by atoms with Crippen molar-refractivity contribution in [2.45, 2.75) is 214 Å². The van der Waals surface area contributed by atoms with Gasteiger partial charge in [0.25, 0.3) is 0 Å². The van der Waals surface area contributed by atoms with E-state index >= 15 is 0 Å². The molecular weight excluding hydrogens is 811 g/mol. The Labute approximate surface area is 411 Å². The molecule has 0 bridgehead atoms. The molecule has 0 unspecified atom stereocenters. The minimum Gasteiger partial charge on any atom is -0.493 e. The summed E-state index contributed by atoms with van der Waals surface area (Å²) >= 11 is 0. The molecule has 0 aromatic heterocycles. The summed E-state index contributed by atoms with van der Waals surface area (Å²) in [5, 5.41) is 0. The normalized spacial score (nSPS) is 13.8. The van der Waals surface area contributed by atoms with Crippen molar-refractivity contribution in [1.29, 1.82) is 0 Å². The van der Waals surface area contributed by atoms with Crippen LogP contribution < -0.4 is 0 Å². The maximum absolute atomic E-state index is 14.1. The van der Waals surface area contributed by atoms with Crippen molar-refractivity contribution < 1.29 is 9.53 Å². The van der Waals surface area contributed by atoms with Crippen LogP contribution in [0, 0.1) is 0 Å². The van der Waals surface area contributed by atoms with E-state index < -0.39 is 0 Å². The molecule has 382 valence electrons. The van der Waals surface area contributed by atoms with Crippen molar-refractivity contribution in [1.82, 2.24) is 24.5 Å². The topological polar surface area (TPSA) is 42.5 Å². The fourth-order valence-electron chi connectivity index (χ4n) is 9.02. The molecule has 0 aliphatic carbocycles. The van der Waals surface area contributed by atoms with Gasteiger partial charge in [-0.05, 0) is 97.1 Å². The lowest BCUT2D eigenvalue weighted by Gasteiger charge is -2.39. The number of nitrogens with zero attached hydrogens (tertiary/aromatic N) is 5. The van der Waals surface area contributed by atoms with Gasteiger partial charge in [0.05, 0.1) is 13.7 Å². The Morgan fingerprint density at radius 3 is 1.35 bits per heavy atom. The number of carbonyl (C=O) groups excluding carboxylic acids is 1. The van der Waals surface area contributed by atoms with Gasteiger partial charge in [-0.3, -0.25) is 14.6 Å². The van der Waals surface area contributed by atoms with E-state index in [4.69, 9.17) is 4.74 Å². The van der Waals surface area contributed by atoms with E-state index in [2.05, 4.69) is 114 Å². The molecule has 1 fully saturated rings. The number of carbonyl (C=O) groups is 1. The number of rotatable bonds is 46. The third-order valence-corrected chi connectivity index (χ3v) is 13.5. The van der Waals surface area contributed by atoms with Crippen molar-refractivity contribution >= 4 is 5.91 Å². The number of allylic oxidation sites excluding steroid dienone is 5. The van der Waals surface area contributed by atoms with E-state index in [9.17, 15) is 4.79 Å². The first kappa shape index (κ1) is 61.4. The Kier molecular flexibility index (Phi) is 43.0. The number of hydrogen-bond donors (Lipinski definition) is 0. The van der Waals surface area contributed by atoms with Gasteiger partial charge in [0.2, 0.25) is 5.91 Å². The van der Waals surface area contributed by atoms with Crippen molar-refractivity contribution in [3.05, 3.63) is 66.3 Å². The molecule has 0 spiro atoms. The third kappa shape index (κ3) is 34.7. The average Bonchev–Trinajstić information content (AvgIpc) is 3.33. The van der Waals surface area contributed by atoms with Gasteiger partial charge in [-0.25, -0.2) is 0 Å².